The van der Waals surface area contributed by atoms with E-state index in [2.05, 4.69) is 0 Å². The van der Waals surface area contributed by atoms with Crippen molar-refractivity contribution in [3.63, 3.8) is 0 Å². The Bertz CT molecular complexity index is 706. The van der Waals surface area contributed by atoms with Gasteiger partial charge in [-0.05, 0) is 17.7 Å². The van der Waals surface area contributed by atoms with Crippen LogP contribution < -0.4 is 14.2 Å². The molecule has 1 atom stereocenters. The third-order valence-corrected chi connectivity index (χ3v) is 3.68. The summed E-state index contributed by atoms with van der Waals surface area (Å²) in [5.41, 5.74) is 1.27. The summed E-state index contributed by atoms with van der Waals surface area (Å²) in [6, 6.07) is 9.99. The maximum Gasteiger partial charge on any atom is 0.174 e. The summed E-state index contributed by atoms with van der Waals surface area (Å²) >= 11 is 0. The molecule has 1 aliphatic heterocycles. The van der Waals surface area contributed by atoms with Crippen LogP contribution in [-0.2, 0) is 0 Å². The lowest BCUT2D eigenvalue weighted by molar-refractivity contribution is 0.0844. The van der Waals surface area contributed by atoms with Crippen LogP contribution in [0.3, 0.4) is 0 Å². The van der Waals surface area contributed by atoms with Crippen molar-refractivity contribution >= 4 is 5.78 Å². The molecule has 0 bridgehead atoms. The second kappa shape index (κ2) is 5.60. The number of ether oxygens (including phenoxy) is 3. The number of phenols is 1. The van der Waals surface area contributed by atoms with E-state index in [0.717, 1.165) is 5.56 Å². The van der Waals surface area contributed by atoms with Gasteiger partial charge in [0.1, 0.15) is 34.7 Å². The van der Waals surface area contributed by atoms with Crippen molar-refractivity contribution in [2.24, 2.45) is 0 Å². The molecular weight excluding hydrogens is 284 g/mol. The second-order valence-corrected chi connectivity index (χ2v) is 5.03. The number of ketones is 1. The van der Waals surface area contributed by atoms with Gasteiger partial charge in [-0.2, -0.15) is 0 Å². The molecule has 22 heavy (non-hydrogen) atoms. The van der Waals surface area contributed by atoms with E-state index in [9.17, 15) is 9.90 Å². The van der Waals surface area contributed by atoms with Crippen LogP contribution in [0.5, 0.6) is 23.0 Å². The lowest BCUT2D eigenvalue weighted by Gasteiger charge is -2.27. The van der Waals surface area contributed by atoms with Gasteiger partial charge in [-0.1, -0.05) is 12.1 Å². The zero-order valence-electron chi connectivity index (χ0n) is 12.3. The molecule has 2 aromatic carbocycles. The number of phenolic OH excluding ortho intramolecular Hbond substituents is 1. The quantitative estimate of drug-likeness (QED) is 0.943. The van der Waals surface area contributed by atoms with Crippen LogP contribution in [0, 0.1) is 0 Å². The van der Waals surface area contributed by atoms with E-state index in [1.807, 2.05) is 0 Å². The first-order chi connectivity index (χ1) is 10.6. The van der Waals surface area contributed by atoms with E-state index in [0.29, 0.717) is 22.8 Å². The van der Waals surface area contributed by atoms with Crippen LogP contribution in [0.1, 0.15) is 28.4 Å². The number of Topliss-reactive ketones (excluding diaryl/α,β-unsaturated/α-hetero) is 1. The van der Waals surface area contributed by atoms with Gasteiger partial charge in [0.25, 0.3) is 0 Å². The molecule has 2 aromatic rings. The molecule has 0 saturated carbocycles. The van der Waals surface area contributed by atoms with E-state index in [1.165, 1.54) is 7.11 Å². The maximum atomic E-state index is 12.5. The number of rotatable bonds is 3. The summed E-state index contributed by atoms with van der Waals surface area (Å²) in [5, 5.41) is 9.36. The minimum atomic E-state index is -0.391. The lowest BCUT2D eigenvalue weighted by atomic mass is 9.95. The third-order valence-electron chi connectivity index (χ3n) is 3.68. The van der Waals surface area contributed by atoms with Gasteiger partial charge in [-0.15, -0.1) is 0 Å². The first-order valence-electron chi connectivity index (χ1n) is 6.87. The monoisotopic (exact) mass is 300 g/mol. The number of aromatic hydroxyl groups is 1. The maximum absolute atomic E-state index is 12.5. The van der Waals surface area contributed by atoms with Crippen molar-refractivity contribution in [1.82, 2.24) is 0 Å². The Balaban J connectivity index is 2.01. The summed E-state index contributed by atoms with van der Waals surface area (Å²) in [5.74, 6) is 1.59. The van der Waals surface area contributed by atoms with Gasteiger partial charge < -0.3 is 19.3 Å². The van der Waals surface area contributed by atoms with E-state index in [1.54, 1.807) is 43.5 Å². The first kappa shape index (κ1) is 14.3. The van der Waals surface area contributed by atoms with Gasteiger partial charge in [0, 0.05) is 12.1 Å². The smallest absolute Gasteiger partial charge is 0.174 e. The zero-order valence-corrected chi connectivity index (χ0v) is 12.3. The van der Waals surface area contributed by atoms with Crippen molar-refractivity contribution in [1.29, 1.82) is 0 Å². The zero-order chi connectivity index (χ0) is 15.7. The number of carbonyl (C=O) groups is 1. The minimum absolute atomic E-state index is 0.0428. The summed E-state index contributed by atoms with van der Waals surface area (Å²) in [4.78, 5) is 12.5. The third kappa shape index (κ3) is 2.45. The highest BCUT2D eigenvalue weighted by Crippen LogP contribution is 2.42. The number of hydrogen-bond acceptors (Lipinski definition) is 5. The molecule has 5 nitrogen and oxygen atoms in total. The highest BCUT2D eigenvalue weighted by Gasteiger charge is 2.31. The number of methoxy groups -OCH3 is 2. The Morgan fingerprint density at radius 2 is 1.86 bits per heavy atom. The van der Waals surface area contributed by atoms with Gasteiger partial charge in [-0.25, -0.2) is 0 Å². The van der Waals surface area contributed by atoms with Crippen molar-refractivity contribution < 1.29 is 24.1 Å². The molecule has 1 N–H and O–H groups in total. The van der Waals surface area contributed by atoms with E-state index in [-0.39, 0.29) is 18.0 Å². The Morgan fingerprint density at radius 3 is 2.50 bits per heavy atom. The first-order valence-corrected chi connectivity index (χ1v) is 6.87. The molecule has 0 saturated heterocycles. The average Bonchev–Trinajstić information content (AvgIpc) is 2.54. The molecule has 0 amide bonds. The molecule has 1 aliphatic rings. The van der Waals surface area contributed by atoms with E-state index < -0.39 is 6.10 Å². The van der Waals surface area contributed by atoms with Gasteiger partial charge in [0.2, 0.25) is 0 Å². The van der Waals surface area contributed by atoms with Gasteiger partial charge in [-0.3, -0.25) is 4.79 Å². The largest absolute Gasteiger partial charge is 0.508 e. The summed E-state index contributed by atoms with van der Waals surface area (Å²) in [6.45, 7) is 0. The summed E-state index contributed by atoms with van der Waals surface area (Å²) < 4.78 is 16.4. The fourth-order valence-corrected chi connectivity index (χ4v) is 2.55. The summed E-state index contributed by atoms with van der Waals surface area (Å²) in [7, 11) is 3.05. The normalized spacial score (nSPS) is 16.6. The molecule has 0 aliphatic carbocycles. The highest BCUT2D eigenvalue weighted by atomic mass is 16.5. The Hall–Kier alpha value is -2.69. The van der Waals surface area contributed by atoms with E-state index >= 15 is 0 Å². The van der Waals surface area contributed by atoms with Gasteiger partial charge >= 0.3 is 0 Å². The van der Waals surface area contributed by atoms with Crippen molar-refractivity contribution in [3.8, 4) is 23.0 Å². The molecule has 114 valence electrons. The Morgan fingerprint density at radius 1 is 1.14 bits per heavy atom. The molecule has 0 radical (unpaired) electrons. The van der Waals surface area contributed by atoms with Crippen molar-refractivity contribution in [2.45, 2.75) is 12.5 Å². The minimum Gasteiger partial charge on any atom is -0.508 e. The molecule has 1 heterocycles. The standard InChI is InChI=1S/C17H16O5/c1-20-12-7-15(21-2)17-13(19)9-14(22-16(17)8-12)10-3-5-11(18)6-4-10/h3-8,14,18H,9H2,1-2H3. The highest BCUT2D eigenvalue weighted by molar-refractivity contribution is 6.02. The Labute approximate surface area is 128 Å². The second-order valence-electron chi connectivity index (χ2n) is 5.03. The lowest BCUT2D eigenvalue weighted by Crippen LogP contribution is -2.21. The Kier molecular flexibility index (Phi) is 3.63. The molecular formula is C17H16O5. The fourth-order valence-electron chi connectivity index (χ4n) is 2.55. The van der Waals surface area contributed by atoms with Crippen molar-refractivity contribution in [2.75, 3.05) is 14.2 Å². The van der Waals surface area contributed by atoms with E-state index in [4.69, 9.17) is 14.2 Å². The van der Waals surface area contributed by atoms with Crippen LogP contribution in [0.2, 0.25) is 0 Å². The summed E-state index contributed by atoms with van der Waals surface area (Å²) in [6.07, 6.45) is -0.169. The van der Waals surface area contributed by atoms with Gasteiger partial charge in [0.05, 0.1) is 20.6 Å². The number of hydrogen-bond donors (Lipinski definition) is 1. The van der Waals surface area contributed by atoms with Gasteiger partial charge in [0.15, 0.2) is 5.78 Å². The number of carbonyl (C=O) groups excluding carboxylic acids is 1. The van der Waals surface area contributed by atoms with Crippen LogP contribution in [0.4, 0.5) is 0 Å². The predicted molar refractivity (Wildman–Crippen MR) is 80.0 cm³/mol. The SMILES string of the molecule is COc1cc(OC)c2c(c1)OC(c1ccc(O)cc1)CC2=O. The molecule has 5 heteroatoms. The van der Waals surface area contributed by atoms with Crippen LogP contribution in [-0.4, -0.2) is 25.1 Å². The van der Waals surface area contributed by atoms with Crippen LogP contribution in [0.25, 0.3) is 0 Å². The molecule has 0 fully saturated rings. The predicted octanol–water partition coefficient (Wildman–Crippen LogP) is 3.12. The number of benzene rings is 2. The molecule has 0 spiro atoms. The van der Waals surface area contributed by atoms with Crippen LogP contribution in [0.15, 0.2) is 36.4 Å². The van der Waals surface area contributed by atoms with Crippen LogP contribution >= 0.6 is 0 Å². The topological polar surface area (TPSA) is 65.0 Å². The molecule has 1 unspecified atom stereocenters. The fraction of sp³-hybridized carbons (Fsp3) is 0.235. The average molecular weight is 300 g/mol. The van der Waals surface area contributed by atoms with Crippen molar-refractivity contribution in [3.05, 3.63) is 47.5 Å². The number of fused-ring (bicyclic) bond motifs is 1. The molecule has 3 rings (SSSR count). The molecule has 0 aromatic heterocycles.